The Morgan fingerprint density at radius 1 is 1.50 bits per heavy atom. The Kier molecular flexibility index (Phi) is 2.02. The van der Waals surface area contributed by atoms with Gasteiger partial charge in [-0.2, -0.15) is 0 Å². The first-order valence-electron chi connectivity index (χ1n) is 2.65. The predicted molar refractivity (Wildman–Crippen MR) is 36.6 cm³/mol. The molecule has 0 amide bonds. The Hall–Kier alpha value is -0.890. The van der Waals surface area contributed by atoms with Gasteiger partial charge in [0.25, 0.3) is 5.24 Å². The quantitative estimate of drug-likeness (QED) is 0.572. The standard InChI is InChI=1S/C7H4ClFO/c8-7(10)5-2-1-3-6(9)4-5/h1-4H/i8+0. The maximum Gasteiger partial charge on any atom is 0.252 e. The zero-order valence-electron chi connectivity index (χ0n) is 4.97. The van der Waals surface area contributed by atoms with E-state index in [9.17, 15) is 9.18 Å². The van der Waals surface area contributed by atoms with Crippen molar-refractivity contribution in [2.75, 3.05) is 0 Å². The van der Waals surface area contributed by atoms with E-state index in [1.54, 1.807) is 0 Å². The smallest absolute Gasteiger partial charge is 0.252 e. The summed E-state index contributed by atoms with van der Waals surface area (Å²) in [7, 11) is 0. The summed E-state index contributed by atoms with van der Waals surface area (Å²) in [5.41, 5.74) is 0.182. The van der Waals surface area contributed by atoms with Crippen molar-refractivity contribution < 1.29 is 9.18 Å². The van der Waals surface area contributed by atoms with E-state index in [1.165, 1.54) is 18.2 Å². The molecule has 0 spiro atoms. The molecule has 0 bridgehead atoms. The van der Waals surface area contributed by atoms with Crippen molar-refractivity contribution >= 4 is 16.8 Å². The van der Waals surface area contributed by atoms with Crippen LogP contribution in [0, 0.1) is 5.82 Å². The number of hydrogen-bond donors (Lipinski definition) is 0. The third-order valence-corrected chi connectivity index (χ3v) is 1.27. The van der Waals surface area contributed by atoms with E-state index in [-0.39, 0.29) is 5.56 Å². The lowest BCUT2D eigenvalue weighted by Crippen LogP contribution is -1.87. The fraction of sp³-hybridized carbons (Fsp3) is 0. The van der Waals surface area contributed by atoms with E-state index in [2.05, 4.69) is 0 Å². The molecular weight excluding hydrogens is 154 g/mol. The molecule has 0 atom stereocenters. The van der Waals surface area contributed by atoms with Crippen LogP contribution in [0.5, 0.6) is 0 Å². The van der Waals surface area contributed by atoms with Gasteiger partial charge in [0.2, 0.25) is 0 Å². The van der Waals surface area contributed by atoms with Crippen LogP contribution in [0.4, 0.5) is 4.39 Å². The molecule has 52 valence electrons. The fourth-order valence-electron chi connectivity index (χ4n) is 0.611. The molecule has 0 fully saturated rings. The lowest BCUT2D eigenvalue weighted by Gasteiger charge is -1.90. The molecule has 0 aliphatic carbocycles. The normalized spacial score (nSPS) is 9.40. The minimum Gasteiger partial charge on any atom is -0.276 e. The Morgan fingerprint density at radius 3 is 2.60 bits per heavy atom. The molecule has 0 heterocycles. The van der Waals surface area contributed by atoms with Gasteiger partial charge in [-0.1, -0.05) is 6.07 Å². The van der Waals surface area contributed by atoms with Gasteiger partial charge < -0.3 is 0 Å². The molecule has 0 aliphatic rings. The lowest BCUT2D eigenvalue weighted by atomic mass is 10.2. The second-order valence-corrected chi connectivity index (χ2v) is 2.13. The first kappa shape index (κ1) is 7.22. The number of hydrogen-bond acceptors (Lipinski definition) is 1. The van der Waals surface area contributed by atoms with Crippen molar-refractivity contribution in [1.29, 1.82) is 0 Å². The topological polar surface area (TPSA) is 17.1 Å². The van der Waals surface area contributed by atoms with Crippen LogP contribution < -0.4 is 0 Å². The molecule has 0 aliphatic heterocycles. The van der Waals surface area contributed by atoms with E-state index >= 15 is 0 Å². The fourth-order valence-corrected chi connectivity index (χ4v) is 0.728. The zero-order chi connectivity index (χ0) is 7.56. The molecular formula is C7H4ClFO. The molecule has 1 aromatic carbocycles. The molecule has 1 nitrogen and oxygen atoms in total. The van der Waals surface area contributed by atoms with Crippen molar-refractivity contribution in [1.82, 2.24) is 0 Å². The van der Waals surface area contributed by atoms with Crippen LogP contribution >= 0.6 is 11.6 Å². The third-order valence-electron chi connectivity index (χ3n) is 1.05. The number of benzene rings is 1. The molecule has 10 heavy (non-hydrogen) atoms. The van der Waals surface area contributed by atoms with Crippen molar-refractivity contribution in [2.24, 2.45) is 0 Å². The van der Waals surface area contributed by atoms with Crippen LogP contribution in [-0.2, 0) is 0 Å². The molecule has 0 radical (unpaired) electrons. The first-order chi connectivity index (χ1) is 4.70. The van der Waals surface area contributed by atoms with Crippen LogP contribution in [0.25, 0.3) is 0 Å². The van der Waals surface area contributed by atoms with Gasteiger partial charge in [0.05, 0.1) is 0 Å². The second-order valence-electron chi connectivity index (χ2n) is 1.78. The van der Waals surface area contributed by atoms with Crippen molar-refractivity contribution in [3.05, 3.63) is 35.6 Å². The van der Waals surface area contributed by atoms with Gasteiger partial charge in [0, 0.05) is 5.56 Å². The highest BCUT2D eigenvalue weighted by Gasteiger charge is 2.00. The van der Waals surface area contributed by atoms with Crippen LogP contribution in [0.3, 0.4) is 0 Å². The van der Waals surface area contributed by atoms with E-state index in [4.69, 9.17) is 11.6 Å². The summed E-state index contributed by atoms with van der Waals surface area (Å²) in [6, 6.07) is 5.24. The number of carbonyl (C=O) groups excluding carboxylic acids is 1. The van der Waals surface area contributed by atoms with Crippen LogP contribution in [0.15, 0.2) is 24.3 Å². The Balaban J connectivity index is 3.07. The summed E-state index contributed by atoms with van der Waals surface area (Å²) >= 11 is 5.07. The molecule has 0 aromatic heterocycles. The van der Waals surface area contributed by atoms with E-state index < -0.39 is 11.1 Å². The van der Waals surface area contributed by atoms with Crippen LogP contribution in [0.1, 0.15) is 10.4 Å². The summed E-state index contributed by atoms with van der Waals surface area (Å²) in [4.78, 5) is 10.4. The van der Waals surface area contributed by atoms with Gasteiger partial charge in [-0.05, 0) is 29.8 Å². The highest BCUT2D eigenvalue weighted by atomic mass is 35.0. The van der Waals surface area contributed by atoms with Crippen molar-refractivity contribution in [2.45, 2.75) is 0 Å². The maximum absolute atomic E-state index is 12.3. The summed E-state index contributed by atoms with van der Waals surface area (Å²) < 4.78 is 12.3. The zero-order valence-corrected chi connectivity index (χ0v) is 5.73. The molecule has 1 rings (SSSR count). The average Bonchev–Trinajstić information content (AvgIpc) is 1.88. The first-order valence-corrected chi connectivity index (χ1v) is 3.03. The largest absolute Gasteiger partial charge is 0.276 e. The highest BCUT2D eigenvalue weighted by Crippen LogP contribution is 2.05. The monoisotopic (exact) mass is 158 g/mol. The molecule has 1 aromatic rings. The predicted octanol–water partition coefficient (Wildman–Crippen LogP) is 2.20. The Morgan fingerprint density at radius 2 is 2.20 bits per heavy atom. The van der Waals surface area contributed by atoms with Gasteiger partial charge >= 0.3 is 0 Å². The second kappa shape index (κ2) is 2.80. The highest BCUT2D eigenvalue weighted by molar-refractivity contribution is 6.67. The van der Waals surface area contributed by atoms with Gasteiger partial charge in [-0.15, -0.1) is 0 Å². The molecule has 0 unspecified atom stereocenters. The average molecular weight is 158 g/mol. The van der Waals surface area contributed by atoms with E-state index in [0.29, 0.717) is 0 Å². The lowest BCUT2D eigenvalue weighted by molar-refractivity contribution is 0.108. The summed E-state index contributed by atoms with van der Waals surface area (Å²) in [5.74, 6) is -0.452. The minimum atomic E-state index is -0.639. The summed E-state index contributed by atoms with van der Waals surface area (Å²) in [5, 5.41) is -0.639. The minimum absolute atomic E-state index is 0.182. The van der Waals surface area contributed by atoms with Crippen LogP contribution in [-0.4, -0.2) is 5.24 Å². The van der Waals surface area contributed by atoms with Crippen molar-refractivity contribution in [3.63, 3.8) is 0 Å². The molecule has 0 saturated carbocycles. The van der Waals surface area contributed by atoms with Gasteiger partial charge in [-0.25, -0.2) is 4.39 Å². The summed E-state index contributed by atoms with van der Waals surface area (Å²) in [6.07, 6.45) is 0. The Labute approximate surface area is 62.4 Å². The molecule has 0 N–H and O–H groups in total. The van der Waals surface area contributed by atoms with Gasteiger partial charge in [0.1, 0.15) is 5.82 Å². The SMILES string of the molecule is O=C([35Cl])c1cccc(F)c1. The van der Waals surface area contributed by atoms with E-state index in [0.717, 1.165) is 6.07 Å². The van der Waals surface area contributed by atoms with E-state index in [1.807, 2.05) is 0 Å². The Bertz CT molecular complexity index is 260. The number of carbonyl (C=O) groups is 1. The van der Waals surface area contributed by atoms with Crippen LogP contribution in [0.2, 0.25) is 0 Å². The number of halogens is 2. The number of rotatable bonds is 1. The third kappa shape index (κ3) is 1.54. The van der Waals surface area contributed by atoms with Gasteiger partial charge in [0.15, 0.2) is 0 Å². The molecule has 3 heteroatoms. The van der Waals surface area contributed by atoms with Crippen molar-refractivity contribution in [3.8, 4) is 0 Å². The summed E-state index contributed by atoms with van der Waals surface area (Å²) in [6.45, 7) is 0. The molecule has 0 saturated heterocycles. The van der Waals surface area contributed by atoms with Gasteiger partial charge in [-0.3, -0.25) is 4.79 Å². The maximum atomic E-state index is 12.3.